The van der Waals surface area contributed by atoms with Gasteiger partial charge < -0.3 is 9.80 Å². The zero-order valence-corrected chi connectivity index (χ0v) is 13.4. The van der Waals surface area contributed by atoms with Crippen LogP contribution in [0.2, 0.25) is 0 Å². The van der Waals surface area contributed by atoms with E-state index < -0.39 is 0 Å². The highest BCUT2D eigenvalue weighted by Crippen LogP contribution is 2.35. The van der Waals surface area contributed by atoms with E-state index in [2.05, 4.69) is 26.6 Å². The first-order valence-corrected chi connectivity index (χ1v) is 9.23. The lowest BCUT2D eigenvalue weighted by Crippen LogP contribution is -2.40. The van der Waals surface area contributed by atoms with E-state index in [1.807, 2.05) is 0 Å². The van der Waals surface area contributed by atoms with Gasteiger partial charge in [0.05, 0.1) is 6.42 Å². The minimum atomic E-state index is 0.330. The van der Waals surface area contributed by atoms with Gasteiger partial charge in [0.2, 0.25) is 5.91 Å². The number of fused-ring (bicyclic) bond motifs is 1. The molecule has 3 aliphatic rings. The highest BCUT2D eigenvalue weighted by molar-refractivity contribution is 7.07. The molecule has 0 bridgehead atoms. The number of nitrogens with zero attached hydrogens (tertiary/aromatic N) is 2. The Hall–Kier alpha value is -0.870. The van der Waals surface area contributed by atoms with E-state index in [9.17, 15) is 4.79 Å². The fourth-order valence-corrected chi connectivity index (χ4v) is 4.63. The Bertz CT molecular complexity index is 497. The summed E-state index contributed by atoms with van der Waals surface area (Å²) in [5.74, 6) is 2.80. The van der Waals surface area contributed by atoms with Gasteiger partial charge in [-0.2, -0.15) is 11.3 Å². The SMILES string of the molecule is O=C(Cc1ccsc1)N1C[C@H]2CCN(CC3CC3)C[C@H]2C1. The first-order valence-electron chi connectivity index (χ1n) is 8.29. The molecule has 21 heavy (non-hydrogen) atoms. The Labute approximate surface area is 130 Å². The van der Waals surface area contributed by atoms with Crippen molar-refractivity contribution >= 4 is 17.2 Å². The van der Waals surface area contributed by atoms with Crippen LogP contribution in [-0.4, -0.2) is 48.4 Å². The van der Waals surface area contributed by atoms with Gasteiger partial charge in [0.15, 0.2) is 0 Å². The van der Waals surface area contributed by atoms with Crippen LogP contribution in [-0.2, 0) is 11.2 Å². The van der Waals surface area contributed by atoms with Crippen LogP contribution in [0.1, 0.15) is 24.8 Å². The molecule has 4 heteroatoms. The third-order valence-electron chi connectivity index (χ3n) is 5.39. The summed E-state index contributed by atoms with van der Waals surface area (Å²) in [4.78, 5) is 17.2. The molecule has 3 fully saturated rings. The number of rotatable bonds is 4. The molecule has 1 aromatic heterocycles. The lowest BCUT2D eigenvalue weighted by molar-refractivity contribution is -0.129. The van der Waals surface area contributed by atoms with Crippen molar-refractivity contribution in [1.29, 1.82) is 0 Å². The summed E-state index contributed by atoms with van der Waals surface area (Å²) in [6.45, 7) is 5.79. The molecule has 1 amide bonds. The second kappa shape index (κ2) is 5.73. The highest BCUT2D eigenvalue weighted by atomic mass is 32.1. The summed E-state index contributed by atoms with van der Waals surface area (Å²) in [6, 6.07) is 2.07. The number of amides is 1. The van der Waals surface area contributed by atoms with Gasteiger partial charge in [-0.25, -0.2) is 0 Å². The maximum atomic E-state index is 12.4. The molecule has 1 aromatic rings. The van der Waals surface area contributed by atoms with E-state index in [-0.39, 0.29) is 0 Å². The molecule has 3 nitrogen and oxygen atoms in total. The van der Waals surface area contributed by atoms with E-state index in [1.165, 1.54) is 44.5 Å². The van der Waals surface area contributed by atoms with Crippen LogP contribution in [0.25, 0.3) is 0 Å². The Balaban J connectivity index is 1.32. The number of carbonyl (C=O) groups is 1. The fourth-order valence-electron chi connectivity index (χ4n) is 3.96. The zero-order chi connectivity index (χ0) is 14.2. The summed E-state index contributed by atoms with van der Waals surface area (Å²) in [5.41, 5.74) is 1.18. The van der Waals surface area contributed by atoms with Gasteiger partial charge in [-0.15, -0.1) is 0 Å². The maximum Gasteiger partial charge on any atom is 0.227 e. The molecule has 4 rings (SSSR count). The van der Waals surface area contributed by atoms with E-state index in [0.717, 1.165) is 30.8 Å². The number of carbonyl (C=O) groups excluding carboxylic acids is 1. The molecule has 114 valence electrons. The normalized spacial score (nSPS) is 29.6. The van der Waals surface area contributed by atoms with Crippen molar-refractivity contribution in [2.75, 3.05) is 32.7 Å². The number of piperidine rings is 1. The number of likely N-dealkylation sites (tertiary alicyclic amines) is 2. The monoisotopic (exact) mass is 304 g/mol. The van der Waals surface area contributed by atoms with Crippen molar-refractivity contribution < 1.29 is 4.79 Å². The van der Waals surface area contributed by atoms with Crippen LogP contribution in [0, 0.1) is 17.8 Å². The first kappa shape index (κ1) is 13.8. The molecule has 0 aromatic carbocycles. The van der Waals surface area contributed by atoms with Gasteiger partial charge in [0, 0.05) is 26.2 Å². The molecule has 0 radical (unpaired) electrons. The van der Waals surface area contributed by atoms with Gasteiger partial charge in [-0.05, 0) is 66.0 Å². The predicted octanol–water partition coefficient (Wildman–Crippen LogP) is 2.48. The van der Waals surface area contributed by atoms with Crippen LogP contribution in [0.15, 0.2) is 16.8 Å². The Morgan fingerprint density at radius 2 is 2.05 bits per heavy atom. The average molecular weight is 304 g/mol. The summed E-state index contributed by atoms with van der Waals surface area (Å²) in [6.07, 6.45) is 4.76. The molecular weight excluding hydrogens is 280 g/mol. The van der Waals surface area contributed by atoms with Gasteiger partial charge in [-0.1, -0.05) is 0 Å². The minimum Gasteiger partial charge on any atom is -0.342 e. The molecule has 1 aliphatic carbocycles. The zero-order valence-electron chi connectivity index (χ0n) is 12.5. The second-order valence-corrected chi connectivity index (χ2v) is 7.90. The predicted molar refractivity (Wildman–Crippen MR) is 85.4 cm³/mol. The molecular formula is C17H24N2OS. The summed E-state index contributed by atoms with van der Waals surface area (Å²) >= 11 is 1.68. The van der Waals surface area contributed by atoms with Crippen molar-refractivity contribution in [1.82, 2.24) is 9.80 Å². The fraction of sp³-hybridized carbons (Fsp3) is 0.706. The van der Waals surface area contributed by atoms with Crippen LogP contribution < -0.4 is 0 Å². The third-order valence-corrected chi connectivity index (χ3v) is 6.12. The maximum absolute atomic E-state index is 12.4. The van der Waals surface area contributed by atoms with Crippen LogP contribution >= 0.6 is 11.3 Å². The Morgan fingerprint density at radius 3 is 2.81 bits per heavy atom. The van der Waals surface area contributed by atoms with E-state index in [4.69, 9.17) is 0 Å². The van der Waals surface area contributed by atoms with E-state index >= 15 is 0 Å². The number of hydrogen-bond acceptors (Lipinski definition) is 3. The van der Waals surface area contributed by atoms with Crippen molar-refractivity contribution in [3.05, 3.63) is 22.4 Å². The van der Waals surface area contributed by atoms with E-state index in [0.29, 0.717) is 12.3 Å². The molecule has 2 atom stereocenters. The topological polar surface area (TPSA) is 23.6 Å². The molecule has 2 saturated heterocycles. The van der Waals surface area contributed by atoms with E-state index in [1.54, 1.807) is 11.3 Å². The standard InChI is InChI=1S/C17H24N2OS/c20-17(7-14-4-6-21-12-14)19-10-15-3-5-18(8-13-1-2-13)9-16(15)11-19/h4,6,12-13,15-16H,1-3,5,7-11H2/t15-,16+/m1/s1. The number of thiophene rings is 1. The Kier molecular flexibility index (Phi) is 3.76. The smallest absolute Gasteiger partial charge is 0.227 e. The molecule has 3 heterocycles. The van der Waals surface area contributed by atoms with Gasteiger partial charge >= 0.3 is 0 Å². The van der Waals surface area contributed by atoms with Crippen LogP contribution in [0.4, 0.5) is 0 Å². The van der Waals surface area contributed by atoms with Crippen molar-refractivity contribution in [3.8, 4) is 0 Å². The average Bonchev–Trinajstić information content (AvgIpc) is 2.99. The van der Waals surface area contributed by atoms with Crippen LogP contribution in [0.3, 0.4) is 0 Å². The molecule has 0 N–H and O–H groups in total. The van der Waals surface area contributed by atoms with Crippen molar-refractivity contribution in [2.45, 2.75) is 25.7 Å². The second-order valence-electron chi connectivity index (χ2n) is 7.12. The summed E-state index contributed by atoms with van der Waals surface area (Å²) < 4.78 is 0. The summed E-state index contributed by atoms with van der Waals surface area (Å²) in [5, 5.41) is 4.15. The molecule has 1 saturated carbocycles. The first-order chi connectivity index (χ1) is 10.3. The van der Waals surface area contributed by atoms with Gasteiger partial charge in [0.25, 0.3) is 0 Å². The summed E-state index contributed by atoms with van der Waals surface area (Å²) in [7, 11) is 0. The largest absolute Gasteiger partial charge is 0.342 e. The van der Waals surface area contributed by atoms with Gasteiger partial charge in [0.1, 0.15) is 0 Å². The van der Waals surface area contributed by atoms with Crippen molar-refractivity contribution in [2.24, 2.45) is 17.8 Å². The lowest BCUT2D eigenvalue weighted by atomic mass is 9.88. The minimum absolute atomic E-state index is 0.330. The third kappa shape index (κ3) is 3.16. The quantitative estimate of drug-likeness (QED) is 0.853. The van der Waals surface area contributed by atoms with Crippen LogP contribution in [0.5, 0.6) is 0 Å². The number of hydrogen-bond donors (Lipinski definition) is 0. The highest BCUT2D eigenvalue weighted by Gasteiger charge is 2.39. The molecule has 2 aliphatic heterocycles. The van der Waals surface area contributed by atoms with Gasteiger partial charge in [-0.3, -0.25) is 4.79 Å². The lowest BCUT2D eigenvalue weighted by Gasteiger charge is -2.34. The Morgan fingerprint density at radius 1 is 1.19 bits per heavy atom. The van der Waals surface area contributed by atoms with Crippen molar-refractivity contribution in [3.63, 3.8) is 0 Å². The molecule has 0 spiro atoms. The molecule has 0 unspecified atom stereocenters.